The standard InChI is InChI=1S/C22H18ClFN2O/c23-20-3-1-2-18-19(14-25-22(18)20)16-10-12-26(13-11-16)21(27)9-6-15-4-7-17(24)8-5-15/h1-10,14,25H,11-13H2/b9-6+. The molecule has 1 aromatic heterocycles. The van der Waals surface area contributed by atoms with Gasteiger partial charge in [-0.1, -0.05) is 41.9 Å². The number of aromatic nitrogens is 1. The topological polar surface area (TPSA) is 36.1 Å². The van der Waals surface area contributed by atoms with Gasteiger partial charge in [-0.05, 0) is 41.8 Å². The minimum atomic E-state index is -0.286. The first-order chi connectivity index (χ1) is 13.1. The van der Waals surface area contributed by atoms with Crippen LogP contribution in [0.1, 0.15) is 17.5 Å². The van der Waals surface area contributed by atoms with E-state index in [9.17, 15) is 9.18 Å². The van der Waals surface area contributed by atoms with Crippen LogP contribution >= 0.6 is 11.6 Å². The zero-order chi connectivity index (χ0) is 18.8. The first-order valence-electron chi connectivity index (χ1n) is 8.79. The van der Waals surface area contributed by atoms with Gasteiger partial charge >= 0.3 is 0 Å². The Hall–Kier alpha value is -2.85. The van der Waals surface area contributed by atoms with Crippen LogP contribution in [0.15, 0.2) is 60.8 Å². The summed E-state index contributed by atoms with van der Waals surface area (Å²) in [6.07, 6.45) is 8.11. The van der Waals surface area contributed by atoms with Gasteiger partial charge in [0, 0.05) is 36.3 Å². The van der Waals surface area contributed by atoms with Crippen LogP contribution in [0.4, 0.5) is 4.39 Å². The van der Waals surface area contributed by atoms with Crippen LogP contribution in [0.5, 0.6) is 0 Å². The molecule has 0 atom stereocenters. The number of H-pyrrole nitrogens is 1. The van der Waals surface area contributed by atoms with Gasteiger partial charge in [-0.15, -0.1) is 0 Å². The number of benzene rings is 2. The van der Waals surface area contributed by atoms with Crippen molar-refractivity contribution in [1.82, 2.24) is 9.88 Å². The number of para-hydroxylation sites is 1. The van der Waals surface area contributed by atoms with Gasteiger partial charge in [0.2, 0.25) is 5.91 Å². The van der Waals surface area contributed by atoms with Gasteiger partial charge < -0.3 is 9.88 Å². The summed E-state index contributed by atoms with van der Waals surface area (Å²) in [5.41, 5.74) is 4.10. The lowest BCUT2D eigenvalue weighted by Gasteiger charge is -2.25. The number of carbonyl (C=O) groups excluding carboxylic acids is 1. The first kappa shape index (κ1) is 17.6. The molecule has 2 aromatic carbocycles. The molecule has 1 aliphatic heterocycles. The number of aromatic amines is 1. The molecule has 0 unspecified atom stereocenters. The van der Waals surface area contributed by atoms with Gasteiger partial charge in [-0.25, -0.2) is 4.39 Å². The summed E-state index contributed by atoms with van der Waals surface area (Å²) in [5.74, 6) is -0.331. The van der Waals surface area contributed by atoms with Crippen LogP contribution in [0, 0.1) is 5.82 Å². The molecular weight excluding hydrogens is 363 g/mol. The summed E-state index contributed by atoms with van der Waals surface area (Å²) < 4.78 is 12.9. The second-order valence-corrected chi connectivity index (χ2v) is 6.92. The number of nitrogens with one attached hydrogen (secondary N) is 1. The Balaban J connectivity index is 1.47. The third-order valence-corrected chi connectivity index (χ3v) is 5.13. The molecule has 5 heteroatoms. The monoisotopic (exact) mass is 380 g/mol. The smallest absolute Gasteiger partial charge is 0.246 e. The highest BCUT2D eigenvalue weighted by atomic mass is 35.5. The number of amides is 1. The summed E-state index contributed by atoms with van der Waals surface area (Å²) in [6, 6.07) is 11.9. The Kier molecular flexibility index (Phi) is 4.82. The average Bonchev–Trinajstić information content (AvgIpc) is 3.13. The zero-order valence-electron chi connectivity index (χ0n) is 14.6. The fraction of sp³-hybridized carbons (Fsp3) is 0.136. The molecule has 1 N–H and O–H groups in total. The minimum absolute atomic E-state index is 0.0448. The number of rotatable bonds is 3. The van der Waals surface area contributed by atoms with E-state index in [0.29, 0.717) is 18.1 Å². The summed E-state index contributed by atoms with van der Waals surface area (Å²) >= 11 is 6.24. The molecule has 0 aliphatic carbocycles. The van der Waals surface area contributed by atoms with E-state index >= 15 is 0 Å². The van der Waals surface area contributed by atoms with Crippen molar-refractivity contribution in [2.75, 3.05) is 13.1 Å². The molecule has 0 radical (unpaired) electrons. The van der Waals surface area contributed by atoms with Crippen molar-refractivity contribution in [2.24, 2.45) is 0 Å². The number of hydrogen-bond donors (Lipinski definition) is 1. The van der Waals surface area contributed by atoms with E-state index in [-0.39, 0.29) is 11.7 Å². The summed E-state index contributed by atoms with van der Waals surface area (Å²) in [5, 5.41) is 1.81. The van der Waals surface area contributed by atoms with Gasteiger partial charge in [0.15, 0.2) is 0 Å². The molecule has 2 heterocycles. The molecule has 0 fully saturated rings. The quantitative estimate of drug-likeness (QED) is 0.616. The van der Waals surface area contributed by atoms with E-state index in [1.54, 1.807) is 23.1 Å². The highest BCUT2D eigenvalue weighted by Crippen LogP contribution is 2.32. The van der Waals surface area contributed by atoms with Crippen LogP contribution in [-0.4, -0.2) is 28.9 Å². The number of nitrogens with zero attached hydrogens (tertiary/aromatic N) is 1. The van der Waals surface area contributed by atoms with Crippen molar-refractivity contribution in [3.8, 4) is 0 Å². The van der Waals surface area contributed by atoms with Crippen LogP contribution in [0.3, 0.4) is 0 Å². The van der Waals surface area contributed by atoms with E-state index in [1.165, 1.54) is 23.8 Å². The Bertz CT molecular complexity index is 1050. The van der Waals surface area contributed by atoms with Crippen LogP contribution < -0.4 is 0 Å². The second kappa shape index (κ2) is 7.41. The largest absolute Gasteiger partial charge is 0.359 e. The third-order valence-electron chi connectivity index (χ3n) is 4.82. The SMILES string of the molecule is O=C(/C=C/c1ccc(F)cc1)N1CC=C(c2c[nH]c3c(Cl)cccc23)CC1. The number of carbonyl (C=O) groups is 1. The van der Waals surface area contributed by atoms with Crippen molar-refractivity contribution in [1.29, 1.82) is 0 Å². The third kappa shape index (κ3) is 3.67. The highest BCUT2D eigenvalue weighted by molar-refractivity contribution is 6.35. The maximum atomic E-state index is 12.9. The summed E-state index contributed by atoms with van der Waals surface area (Å²) in [7, 11) is 0. The number of halogens is 2. The van der Waals surface area contributed by atoms with Crippen molar-refractivity contribution >= 4 is 40.1 Å². The molecule has 4 rings (SSSR count). The van der Waals surface area contributed by atoms with Crippen LogP contribution in [0.2, 0.25) is 5.02 Å². The van der Waals surface area contributed by atoms with Crippen molar-refractivity contribution < 1.29 is 9.18 Å². The van der Waals surface area contributed by atoms with Gasteiger partial charge in [0.1, 0.15) is 5.82 Å². The van der Waals surface area contributed by atoms with E-state index in [1.807, 2.05) is 18.3 Å². The maximum Gasteiger partial charge on any atom is 0.246 e. The Morgan fingerprint density at radius 1 is 1.19 bits per heavy atom. The summed E-state index contributed by atoms with van der Waals surface area (Å²) in [4.78, 5) is 17.4. The zero-order valence-corrected chi connectivity index (χ0v) is 15.3. The fourth-order valence-electron chi connectivity index (χ4n) is 3.34. The molecule has 136 valence electrons. The Morgan fingerprint density at radius 3 is 2.74 bits per heavy atom. The van der Waals surface area contributed by atoms with Gasteiger partial charge in [0.25, 0.3) is 0 Å². The van der Waals surface area contributed by atoms with Gasteiger partial charge in [-0.3, -0.25) is 4.79 Å². The van der Waals surface area contributed by atoms with Crippen LogP contribution in [-0.2, 0) is 4.79 Å². The Morgan fingerprint density at radius 2 is 2.00 bits per heavy atom. The summed E-state index contributed by atoms with van der Waals surface area (Å²) in [6.45, 7) is 1.22. The molecule has 0 bridgehead atoms. The normalized spacial score (nSPS) is 14.7. The number of fused-ring (bicyclic) bond motifs is 1. The lowest BCUT2D eigenvalue weighted by atomic mass is 9.99. The molecule has 1 aliphatic rings. The van der Waals surface area contributed by atoms with Crippen molar-refractivity contribution in [3.05, 3.63) is 82.8 Å². The van der Waals surface area contributed by atoms with Crippen LogP contribution in [0.25, 0.3) is 22.6 Å². The lowest BCUT2D eigenvalue weighted by molar-refractivity contribution is -0.125. The molecule has 27 heavy (non-hydrogen) atoms. The molecule has 3 aromatic rings. The predicted molar refractivity (Wildman–Crippen MR) is 108 cm³/mol. The maximum absolute atomic E-state index is 12.9. The fourth-order valence-corrected chi connectivity index (χ4v) is 3.57. The Labute approximate surface area is 161 Å². The molecule has 3 nitrogen and oxygen atoms in total. The molecule has 0 spiro atoms. The van der Waals surface area contributed by atoms with E-state index < -0.39 is 0 Å². The molecule has 0 saturated carbocycles. The first-order valence-corrected chi connectivity index (χ1v) is 9.17. The molecule has 0 saturated heterocycles. The molecular formula is C22H18ClFN2O. The number of hydrogen-bond acceptors (Lipinski definition) is 1. The van der Waals surface area contributed by atoms with E-state index in [2.05, 4.69) is 17.1 Å². The predicted octanol–water partition coefficient (Wildman–Crippen LogP) is 5.29. The van der Waals surface area contributed by atoms with E-state index in [4.69, 9.17) is 11.6 Å². The van der Waals surface area contributed by atoms with Crippen molar-refractivity contribution in [2.45, 2.75) is 6.42 Å². The van der Waals surface area contributed by atoms with Crippen molar-refractivity contribution in [3.63, 3.8) is 0 Å². The second-order valence-electron chi connectivity index (χ2n) is 6.51. The average molecular weight is 381 g/mol. The van der Waals surface area contributed by atoms with Gasteiger partial charge in [-0.2, -0.15) is 0 Å². The highest BCUT2D eigenvalue weighted by Gasteiger charge is 2.18. The van der Waals surface area contributed by atoms with E-state index in [0.717, 1.165) is 28.5 Å². The lowest BCUT2D eigenvalue weighted by Crippen LogP contribution is -2.33. The van der Waals surface area contributed by atoms with Gasteiger partial charge in [0.05, 0.1) is 10.5 Å². The minimum Gasteiger partial charge on any atom is -0.359 e. The molecule has 1 amide bonds.